The number of aliphatic hydroxyl groups excluding tert-OH is 1. The lowest BCUT2D eigenvalue weighted by atomic mass is 10.2. The van der Waals surface area contributed by atoms with Crippen LogP contribution in [0.25, 0.3) is 10.9 Å². The quantitative estimate of drug-likeness (QED) is 0.319. The summed E-state index contributed by atoms with van der Waals surface area (Å²) in [6, 6.07) is 15.2. The lowest BCUT2D eigenvalue weighted by Gasteiger charge is -2.14. The molecule has 1 heterocycles. The molecule has 1 atom stereocenters. The van der Waals surface area contributed by atoms with Crippen LogP contribution >= 0.6 is 27.7 Å². The second-order valence-electron chi connectivity index (χ2n) is 6.18. The molecule has 0 fully saturated rings. The number of hydrogen-bond donors (Lipinski definition) is 1. The molecule has 7 heteroatoms. The SMILES string of the molecule is C[C@@H](O)Cn1c(SCCCOc2ccccc2)nc2ccc(Br)cc2c1=O. The van der Waals surface area contributed by atoms with Crippen LogP contribution in [0.15, 0.2) is 63.0 Å². The Balaban J connectivity index is 1.72. The molecule has 0 radical (unpaired) electrons. The minimum atomic E-state index is -0.630. The van der Waals surface area contributed by atoms with Crippen LogP contribution in [-0.4, -0.2) is 33.1 Å². The summed E-state index contributed by atoms with van der Waals surface area (Å²) in [5, 5.41) is 11.0. The number of aliphatic hydroxyl groups is 1. The Morgan fingerprint density at radius 2 is 2.04 bits per heavy atom. The van der Waals surface area contributed by atoms with Gasteiger partial charge in [-0.2, -0.15) is 0 Å². The molecule has 0 saturated heterocycles. The molecular weight excluding hydrogens is 428 g/mol. The van der Waals surface area contributed by atoms with E-state index in [0.29, 0.717) is 22.7 Å². The van der Waals surface area contributed by atoms with Crippen molar-refractivity contribution in [3.63, 3.8) is 0 Å². The van der Waals surface area contributed by atoms with Crippen molar-refractivity contribution < 1.29 is 9.84 Å². The number of para-hydroxylation sites is 1. The first-order valence-corrected chi connectivity index (χ1v) is 10.5. The van der Waals surface area contributed by atoms with Crippen molar-refractivity contribution in [3.05, 3.63) is 63.4 Å². The maximum atomic E-state index is 12.9. The summed E-state index contributed by atoms with van der Waals surface area (Å²) in [4.78, 5) is 17.5. The molecule has 0 aliphatic carbocycles. The zero-order valence-corrected chi connectivity index (χ0v) is 17.4. The highest BCUT2D eigenvalue weighted by atomic mass is 79.9. The van der Waals surface area contributed by atoms with Crippen molar-refractivity contribution >= 4 is 38.6 Å². The Labute approximate surface area is 170 Å². The smallest absolute Gasteiger partial charge is 0.262 e. The van der Waals surface area contributed by atoms with Crippen molar-refractivity contribution in [2.45, 2.75) is 31.1 Å². The van der Waals surface area contributed by atoms with Crippen LogP contribution in [0.4, 0.5) is 0 Å². The summed E-state index contributed by atoms with van der Waals surface area (Å²) in [6.45, 7) is 2.48. The van der Waals surface area contributed by atoms with Crippen LogP contribution in [-0.2, 0) is 6.54 Å². The van der Waals surface area contributed by atoms with Gasteiger partial charge in [0, 0.05) is 10.2 Å². The van der Waals surface area contributed by atoms with E-state index in [9.17, 15) is 9.90 Å². The van der Waals surface area contributed by atoms with Gasteiger partial charge >= 0.3 is 0 Å². The van der Waals surface area contributed by atoms with Crippen LogP contribution in [0.3, 0.4) is 0 Å². The number of rotatable bonds is 8. The average molecular weight is 449 g/mol. The third-order valence-electron chi connectivity index (χ3n) is 3.86. The van der Waals surface area contributed by atoms with Crippen molar-refractivity contribution in [1.82, 2.24) is 9.55 Å². The van der Waals surface area contributed by atoms with Gasteiger partial charge in [0.05, 0.1) is 30.2 Å². The monoisotopic (exact) mass is 448 g/mol. The fourth-order valence-corrected chi connectivity index (χ4v) is 3.92. The molecule has 5 nitrogen and oxygen atoms in total. The Bertz CT molecular complexity index is 961. The molecule has 142 valence electrons. The average Bonchev–Trinajstić information content (AvgIpc) is 2.65. The number of fused-ring (bicyclic) bond motifs is 1. The summed E-state index contributed by atoms with van der Waals surface area (Å²) in [6.07, 6.45) is 0.192. The summed E-state index contributed by atoms with van der Waals surface area (Å²) < 4.78 is 8.09. The second-order valence-corrected chi connectivity index (χ2v) is 8.16. The molecule has 3 rings (SSSR count). The normalized spacial score (nSPS) is 12.3. The molecule has 1 aromatic heterocycles. The topological polar surface area (TPSA) is 64.3 Å². The van der Waals surface area contributed by atoms with Crippen LogP contribution in [0.5, 0.6) is 5.75 Å². The first kappa shape index (κ1) is 19.9. The number of aromatic nitrogens is 2. The number of benzene rings is 2. The van der Waals surface area contributed by atoms with Gasteiger partial charge in [-0.05, 0) is 43.7 Å². The molecule has 0 bridgehead atoms. The van der Waals surface area contributed by atoms with Crippen LogP contribution in [0.2, 0.25) is 0 Å². The zero-order chi connectivity index (χ0) is 19.2. The fraction of sp³-hybridized carbons (Fsp3) is 0.300. The van der Waals surface area contributed by atoms with Gasteiger partial charge in [0.1, 0.15) is 5.75 Å². The summed E-state index contributed by atoms with van der Waals surface area (Å²) in [5.74, 6) is 1.61. The third kappa shape index (κ3) is 5.34. The van der Waals surface area contributed by atoms with E-state index >= 15 is 0 Å². The Kier molecular flexibility index (Phi) is 6.93. The van der Waals surface area contributed by atoms with Crippen LogP contribution in [0, 0.1) is 0 Å². The van der Waals surface area contributed by atoms with E-state index < -0.39 is 6.10 Å². The van der Waals surface area contributed by atoms with Gasteiger partial charge in [0.15, 0.2) is 5.16 Å². The van der Waals surface area contributed by atoms with E-state index in [1.165, 1.54) is 11.8 Å². The molecule has 2 aromatic carbocycles. The second kappa shape index (κ2) is 9.39. The minimum Gasteiger partial charge on any atom is -0.494 e. The Morgan fingerprint density at radius 3 is 2.78 bits per heavy atom. The zero-order valence-electron chi connectivity index (χ0n) is 15.0. The van der Waals surface area contributed by atoms with E-state index in [0.717, 1.165) is 22.4 Å². The van der Waals surface area contributed by atoms with Crippen molar-refractivity contribution in [2.24, 2.45) is 0 Å². The van der Waals surface area contributed by atoms with E-state index in [4.69, 9.17) is 4.74 Å². The molecule has 27 heavy (non-hydrogen) atoms. The van der Waals surface area contributed by atoms with Gasteiger partial charge in [-0.3, -0.25) is 9.36 Å². The molecule has 0 spiro atoms. The largest absolute Gasteiger partial charge is 0.494 e. The molecule has 0 saturated carbocycles. The van der Waals surface area contributed by atoms with Gasteiger partial charge in [0.2, 0.25) is 0 Å². The highest BCUT2D eigenvalue weighted by Gasteiger charge is 2.13. The first-order valence-electron chi connectivity index (χ1n) is 8.73. The highest BCUT2D eigenvalue weighted by molar-refractivity contribution is 9.10. The molecule has 1 N–H and O–H groups in total. The first-order chi connectivity index (χ1) is 13.0. The number of hydrogen-bond acceptors (Lipinski definition) is 5. The van der Waals surface area contributed by atoms with Gasteiger partial charge in [-0.25, -0.2) is 4.98 Å². The van der Waals surface area contributed by atoms with E-state index in [1.807, 2.05) is 42.5 Å². The molecule has 3 aromatic rings. The van der Waals surface area contributed by atoms with Gasteiger partial charge in [0.25, 0.3) is 5.56 Å². The summed E-state index contributed by atoms with van der Waals surface area (Å²) >= 11 is 4.90. The standard InChI is InChI=1S/C20H21BrN2O3S/c1-14(24)13-23-19(25)17-12-15(21)8-9-18(17)22-20(23)27-11-5-10-26-16-6-3-2-4-7-16/h2-4,6-9,12,14,24H,5,10-11,13H2,1H3/t14-/m1/s1. The third-order valence-corrected chi connectivity index (χ3v) is 5.42. The van der Waals surface area contributed by atoms with Crippen molar-refractivity contribution in [3.8, 4) is 5.75 Å². The lowest BCUT2D eigenvalue weighted by molar-refractivity contribution is 0.168. The van der Waals surface area contributed by atoms with Crippen LogP contribution in [0.1, 0.15) is 13.3 Å². The highest BCUT2D eigenvalue weighted by Crippen LogP contribution is 2.21. The lowest BCUT2D eigenvalue weighted by Crippen LogP contribution is -2.28. The maximum Gasteiger partial charge on any atom is 0.262 e. The number of nitrogens with zero attached hydrogens (tertiary/aromatic N) is 2. The van der Waals surface area contributed by atoms with Crippen molar-refractivity contribution in [1.29, 1.82) is 0 Å². The predicted molar refractivity (Wildman–Crippen MR) is 113 cm³/mol. The van der Waals surface area contributed by atoms with Crippen LogP contribution < -0.4 is 10.3 Å². The minimum absolute atomic E-state index is 0.134. The number of thioether (sulfide) groups is 1. The fourth-order valence-electron chi connectivity index (χ4n) is 2.64. The maximum absolute atomic E-state index is 12.9. The van der Waals surface area contributed by atoms with E-state index in [1.54, 1.807) is 17.6 Å². The van der Waals surface area contributed by atoms with Gasteiger partial charge in [-0.1, -0.05) is 45.9 Å². The number of ether oxygens (including phenoxy) is 1. The molecule has 0 unspecified atom stereocenters. The Hall–Kier alpha value is -1.83. The molecule has 0 aliphatic rings. The summed E-state index contributed by atoms with van der Waals surface area (Å²) in [5.41, 5.74) is 0.526. The van der Waals surface area contributed by atoms with E-state index in [-0.39, 0.29) is 12.1 Å². The molecular formula is C20H21BrN2O3S. The van der Waals surface area contributed by atoms with E-state index in [2.05, 4.69) is 20.9 Å². The van der Waals surface area contributed by atoms with Crippen molar-refractivity contribution in [2.75, 3.05) is 12.4 Å². The van der Waals surface area contributed by atoms with Gasteiger partial charge in [-0.15, -0.1) is 0 Å². The summed E-state index contributed by atoms with van der Waals surface area (Å²) in [7, 11) is 0. The number of halogens is 1. The molecule has 0 amide bonds. The molecule has 0 aliphatic heterocycles. The Morgan fingerprint density at radius 1 is 1.26 bits per heavy atom. The van der Waals surface area contributed by atoms with Gasteiger partial charge < -0.3 is 9.84 Å². The predicted octanol–water partition coefficient (Wildman–Crippen LogP) is 4.10.